The maximum absolute atomic E-state index is 9.97. The molecule has 0 fully saturated rings. The zero-order chi connectivity index (χ0) is 7.28. The Kier molecular flexibility index (Phi) is 3.51. The number of hydrogen-bond acceptors (Lipinski definition) is 2. The number of aliphatic carboxylic acids is 1. The highest BCUT2D eigenvalue weighted by atomic mass is 16.4. The largest absolute Gasteiger partial charge is 0.478 e. The Morgan fingerprint density at radius 2 is 2.33 bits per heavy atom. The first kappa shape index (κ1) is 8.01. The third-order valence-electron chi connectivity index (χ3n) is 0.796. The fourth-order valence-corrected chi connectivity index (χ4v) is 0.515. The van der Waals surface area contributed by atoms with Gasteiger partial charge in [0, 0.05) is 18.3 Å². The first-order valence-electron chi connectivity index (χ1n) is 2.82. The Morgan fingerprint density at radius 3 is 2.67 bits per heavy atom. The predicted molar refractivity (Wildman–Crippen MR) is 35.1 cm³/mol. The Balaban J connectivity index is 3.69. The lowest BCUT2D eigenvalue weighted by molar-refractivity contribution is -0.131. The summed E-state index contributed by atoms with van der Waals surface area (Å²) in [6.07, 6.45) is 1.14. The highest BCUT2D eigenvalue weighted by molar-refractivity contribution is 5.80. The van der Waals surface area contributed by atoms with Gasteiger partial charge < -0.3 is 10.4 Å². The van der Waals surface area contributed by atoms with Gasteiger partial charge in [0.1, 0.15) is 0 Å². The molecule has 0 spiro atoms. The Labute approximate surface area is 54.4 Å². The Morgan fingerprint density at radius 1 is 1.78 bits per heavy atom. The van der Waals surface area contributed by atoms with Crippen molar-refractivity contribution in [2.75, 3.05) is 6.54 Å². The standard InChI is InChI=1S/C6H11NO2/c1-3-7-5(2)4-6(8)9/h4,7H,3H2,1-2H3,(H,8,9)/b5-4-. The first-order chi connectivity index (χ1) is 4.16. The summed E-state index contributed by atoms with van der Waals surface area (Å²) in [6.45, 7) is 4.40. The SMILES string of the molecule is CCN/C(C)=C\C(=O)O. The van der Waals surface area contributed by atoms with E-state index in [9.17, 15) is 4.79 Å². The molecule has 0 rings (SSSR count). The third kappa shape index (κ3) is 4.87. The molecule has 2 N–H and O–H groups in total. The molecule has 0 aromatic heterocycles. The van der Waals surface area contributed by atoms with Crippen LogP contribution in [-0.2, 0) is 4.79 Å². The van der Waals surface area contributed by atoms with Gasteiger partial charge in [0.15, 0.2) is 0 Å². The van der Waals surface area contributed by atoms with Gasteiger partial charge in [0.05, 0.1) is 0 Å². The molecule has 0 heterocycles. The van der Waals surface area contributed by atoms with Crippen LogP contribution in [-0.4, -0.2) is 17.6 Å². The van der Waals surface area contributed by atoms with E-state index in [1.165, 1.54) is 0 Å². The molecule has 0 radical (unpaired) electrons. The third-order valence-corrected chi connectivity index (χ3v) is 0.796. The van der Waals surface area contributed by atoms with E-state index >= 15 is 0 Å². The van der Waals surface area contributed by atoms with E-state index in [1.807, 2.05) is 6.92 Å². The minimum Gasteiger partial charge on any atom is -0.478 e. The maximum Gasteiger partial charge on any atom is 0.330 e. The Bertz CT molecular complexity index is 129. The molecule has 0 saturated carbocycles. The van der Waals surface area contributed by atoms with Crippen molar-refractivity contribution >= 4 is 5.97 Å². The van der Waals surface area contributed by atoms with E-state index in [-0.39, 0.29) is 0 Å². The van der Waals surface area contributed by atoms with Gasteiger partial charge in [-0.3, -0.25) is 0 Å². The highest BCUT2D eigenvalue weighted by Gasteiger charge is 1.89. The number of allylic oxidation sites excluding steroid dienone is 1. The average molecular weight is 129 g/mol. The van der Waals surface area contributed by atoms with Gasteiger partial charge in [-0.1, -0.05) is 0 Å². The monoisotopic (exact) mass is 129 g/mol. The van der Waals surface area contributed by atoms with E-state index in [2.05, 4.69) is 5.32 Å². The number of hydrogen-bond donors (Lipinski definition) is 2. The van der Waals surface area contributed by atoms with Crippen molar-refractivity contribution < 1.29 is 9.90 Å². The van der Waals surface area contributed by atoms with Crippen LogP contribution < -0.4 is 5.32 Å². The van der Waals surface area contributed by atoms with Crippen LogP contribution in [0.3, 0.4) is 0 Å². The quantitative estimate of drug-likeness (QED) is 0.548. The molecule has 9 heavy (non-hydrogen) atoms. The maximum atomic E-state index is 9.97. The van der Waals surface area contributed by atoms with Crippen LogP contribution in [0, 0.1) is 0 Å². The minimum atomic E-state index is -0.909. The van der Waals surface area contributed by atoms with Crippen molar-refractivity contribution in [3.05, 3.63) is 11.8 Å². The molecular formula is C6H11NO2. The summed E-state index contributed by atoms with van der Waals surface area (Å²) in [6, 6.07) is 0. The molecule has 52 valence electrons. The van der Waals surface area contributed by atoms with Crippen LogP contribution in [0.4, 0.5) is 0 Å². The number of carboxylic acids is 1. The summed E-state index contributed by atoms with van der Waals surface area (Å²) in [5.41, 5.74) is 0.685. The number of carbonyl (C=O) groups is 1. The molecule has 3 heteroatoms. The molecule has 0 aromatic carbocycles. The zero-order valence-electron chi connectivity index (χ0n) is 5.64. The van der Waals surface area contributed by atoms with E-state index in [0.29, 0.717) is 5.70 Å². The van der Waals surface area contributed by atoms with Gasteiger partial charge in [-0.2, -0.15) is 0 Å². The van der Waals surface area contributed by atoms with Gasteiger partial charge in [0.2, 0.25) is 0 Å². The molecule has 0 aliphatic carbocycles. The van der Waals surface area contributed by atoms with Crippen LogP contribution >= 0.6 is 0 Å². The first-order valence-corrected chi connectivity index (χ1v) is 2.82. The summed E-state index contributed by atoms with van der Waals surface area (Å²) in [4.78, 5) is 9.97. The summed E-state index contributed by atoms with van der Waals surface area (Å²) >= 11 is 0. The van der Waals surface area contributed by atoms with Crippen molar-refractivity contribution in [3.8, 4) is 0 Å². The summed E-state index contributed by atoms with van der Waals surface area (Å²) in [7, 11) is 0. The number of carboxylic acid groups (broad SMARTS) is 1. The molecule has 0 aliphatic heterocycles. The number of rotatable bonds is 3. The van der Waals surface area contributed by atoms with Gasteiger partial charge in [0.25, 0.3) is 0 Å². The second-order valence-electron chi connectivity index (χ2n) is 1.70. The zero-order valence-corrected chi connectivity index (χ0v) is 5.64. The normalized spacial score (nSPS) is 11.1. The molecule has 3 nitrogen and oxygen atoms in total. The lowest BCUT2D eigenvalue weighted by Gasteiger charge is -1.98. The van der Waals surface area contributed by atoms with E-state index in [0.717, 1.165) is 12.6 Å². The van der Waals surface area contributed by atoms with Gasteiger partial charge in [-0.05, 0) is 13.8 Å². The van der Waals surface area contributed by atoms with Crippen LogP contribution in [0.25, 0.3) is 0 Å². The average Bonchev–Trinajstić information content (AvgIpc) is 1.63. The topological polar surface area (TPSA) is 49.3 Å². The van der Waals surface area contributed by atoms with Crippen LogP contribution in [0.15, 0.2) is 11.8 Å². The molecule has 0 bridgehead atoms. The molecule has 0 saturated heterocycles. The highest BCUT2D eigenvalue weighted by Crippen LogP contribution is 1.83. The summed E-state index contributed by atoms with van der Waals surface area (Å²) < 4.78 is 0. The second kappa shape index (κ2) is 3.95. The molecular weight excluding hydrogens is 118 g/mol. The van der Waals surface area contributed by atoms with Crippen LogP contribution in [0.5, 0.6) is 0 Å². The van der Waals surface area contributed by atoms with Crippen molar-refractivity contribution in [1.82, 2.24) is 5.32 Å². The van der Waals surface area contributed by atoms with Crippen molar-refractivity contribution in [2.24, 2.45) is 0 Å². The lowest BCUT2D eigenvalue weighted by atomic mass is 10.4. The molecule has 0 aromatic rings. The fourth-order valence-electron chi connectivity index (χ4n) is 0.515. The van der Waals surface area contributed by atoms with E-state index < -0.39 is 5.97 Å². The molecule has 0 unspecified atom stereocenters. The summed E-state index contributed by atoms with van der Waals surface area (Å²) in [5.74, 6) is -0.909. The fraction of sp³-hybridized carbons (Fsp3) is 0.500. The molecule has 0 aliphatic rings. The predicted octanol–water partition coefficient (Wildman–Crippen LogP) is 0.584. The van der Waals surface area contributed by atoms with E-state index in [1.54, 1.807) is 6.92 Å². The second-order valence-corrected chi connectivity index (χ2v) is 1.70. The minimum absolute atomic E-state index is 0.685. The Hall–Kier alpha value is -0.990. The summed E-state index contributed by atoms with van der Waals surface area (Å²) in [5, 5.41) is 11.1. The number of nitrogens with one attached hydrogen (secondary N) is 1. The molecule has 0 atom stereocenters. The van der Waals surface area contributed by atoms with Crippen molar-refractivity contribution in [1.29, 1.82) is 0 Å². The van der Waals surface area contributed by atoms with E-state index in [4.69, 9.17) is 5.11 Å². The molecule has 0 amide bonds. The van der Waals surface area contributed by atoms with Gasteiger partial charge in [-0.25, -0.2) is 4.79 Å². The van der Waals surface area contributed by atoms with Gasteiger partial charge >= 0.3 is 5.97 Å². The smallest absolute Gasteiger partial charge is 0.330 e. The van der Waals surface area contributed by atoms with Crippen molar-refractivity contribution in [3.63, 3.8) is 0 Å². The van der Waals surface area contributed by atoms with Crippen molar-refractivity contribution in [2.45, 2.75) is 13.8 Å². The van der Waals surface area contributed by atoms with Gasteiger partial charge in [-0.15, -0.1) is 0 Å². The van der Waals surface area contributed by atoms with Crippen LogP contribution in [0.1, 0.15) is 13.8 Å². The van der Waals surface area contributed by atoms with Crippen LogP contribution in [0.2, 0.25) is 0 Å². The lowest BCUT2D eigenvalue weighted by Crippen LogP contribution is -2.10.